The van der Waals surface area contributed by atoms with E-state index in [4.69, 9.17) is 23.2 Å². The number of nitrogens with zero attached hydrogens (tertiary/aromatic N) is 3. The second-order valence-corrected chi connectivity index (χ2v) is 5.10. The molecule has 0 radical (unpaired) electrons. The predicted octanol–water partition coefficient (Wildman–Crippen LogP) is 1.13. The van der Waals surface area contributed by atoms with Gasteiger partial charge in [0.1, 0.15) is 0 Å². The Morgan fingerprint density at radius 3 is 2.89 bits per heavy atom. The number of hydrogen-bond acceptors (Lipinski definition) is 4. The molecule has 2 heterocycles. The normalized spacial score (nSPS) is 19.4. The lowest BCUT2D eigenvalue weighted by molar-refractivity contribution is -0.132. The molecule has 102 valence electrons. The van der Waals surface area contributed by atoms with Crippen molar-refractivity contribution in [2.75, 3.05) is 13.6 Å². The molecule has 0 bridgehead atoms. The Kier molecular flexibility index (Phi) is 4.21. The Bertz CT molecular complexity index is 523. The van der Waals surface area contributed by atoms with Crippen molar-refractivity contribution in [2.45, 2.75) is 18.9 Å². The molecule has 1 unspecified atom stereocenters. The lowest BCUT2D eigenvalue weighted by Gasteiger charge is -2.30. The number of hydrogen-bond donors (Lipinski definition) is 1. The van der Waals surface area contributed by atoms with Crippen LogP contribution >= 0.6 is 23.2 Å². The summed E-state index contributed by atoms with van der Waals surface area (Å²) in [7, 11) is 1.71. The quantitative estimate of drug-likeness (QED) is 0.889. The van der Waals surface area contributed by atoms with Crippen molar-refractivity contribution in [3.05, 3.63) is 21.9 Å². The minimum Gasteiger partial charge on any atom is -0.347 e. The van der Waals surface area contributed by atoms with Gasteiger partial charge in [0.2, 0.25) is 5.91 Å². The molecule has 1 saturated heterocycles. The van der Waals surface area contributed by atoms with Crippen LogP contribution < -0.4 is 5.32 Å². The van der Waals surface area contributed by atoms with Gasteiger partial charge < -0.3 is 10.2 Å². The van der Waals surface area contributed by atoms with E-state index in [1.165, 1.54) is 6.07 Å². The number of rotatable bonds is 2. The third kappa shape index (κ3) is 3.33. The monoisotopic (exact) mass is 302 g/mol. The fraction of sp³-hybridized carbons (Fsp3) is 0.455. The number of aromatic nitrogens is 2. The zero-order chi connectivity index (χ0) is 14.0. The van der Waals surface area contributed by atoms with Crippen molar-refractivity contribution >= 4 is 35.0 Å². The van der Waals surface area contributed by atoms with Crippen LogP contribution in [-0.4, -0.2) is 46.5 Å². The van der Waals surface area contributed by atoms with Gasteiger partial charge in [0, 0.05) is 26.1 Å². The van der Waals surface area contributed by atoms with Gasteiger partial charge in [-0.3, -0.25) is 9.59 Å². The van der Waals surface area contributed by atoms with Crippen LogP contribution in [0.5, 0.6) is 0 Å². The molecule has 0 spiro atoms. The van der Waals surface area contributed by atoms with Gasteiger partial charge >= 0.3 is 0 Å². The van der Waals surface area contributed by atoms with E-state index in [2.05, 4.69) is 15.5 Å². The Labute approximate surface area is 120 Å². The van der Waals surface area contributed by atoms with Gasteiger partial charge in [-0.05, 0) is 12.5 Å². The van der Waals surface area contributed by atoms with E-state index in [0.717, 1.165) is 0 Å². The van der Waals surface area contributed by atoms with Crippen LogP contribution in [0, 0.1) is 0 Å². The molecular formula is C11H12Cl2N4O2. The number of likely N-dealkylation sites (tertiary alicyclic amines) is 1. The van der Waals surface area contributed by atoms with Gasteiger partial charge in [-0.2, -0.15) is 0 Å². The highest BCUT2D eigenvalue weighted by atomic mass is 35.5. The second-order valence-electron chi connectivity index (χ2n) is 4.35. The molecule has 0 saturated carbocycles. The van der Waals surface area contributed by atoms with Gasteiger partial charge in [0.25, 0.3) is 5.91 Å². The van der Waals surface area contributed by atoms with Crippen molar-refractivity contribution in [1.29, 1.82) is 0 Å². The zero-order valence-electron chi connectivity index (χ0n) is 10.2. The average Bonchev–Trinajstić information content (AvgIpc) is 2.36. The van der Waals surface area contributed by atoms with Crippen LogP contribution in [0.1, 0.15) is 23.2 Å². The minimum absolute atomic E-state index is 0.00198. The number of likely N-dealkylation sites (N-methyl/N-ethyl adjacent to an activating group) is 1. The van der Waals surface area contributed by atoms with E-state index >= 15 is 0 Å². The summed E-state index contributed by atoms with van der Waals surface area (Å²) >= 11 is 11.5. The maximum absolute atomic E-state index is 12.0. The smallest absolute Gasteiger partial charge is 0.254 e. The Hall–Kier alpha value is -1.40. The van der Waals surface area contributed by atoms with E-state index in [1.54, 1.807) is 11.9 Å². The van der Waals surface area contributed by atoms with E-state index in [-0.39, 0.29) is 33.7 Å². The topological polar surface area (TPSA) is 75.2 Å². The molecule has 19 heavy (non-hydrogen) atoms. The van der Waals surface area contributed by atoms with Crippen LogP contribution in [0.4, 0.5) is 0 Å². The fourth-order valence-electron chi connectivity index (χ4n) is 1.91. The van der Waals surface area contributed by atoms with Gasteiger partial charge in [0.15, 0.2) is 10.3 Å². The van der Waals surface area contributed by atoms with Crippen molar-refractivity contribution in [3.8, 4) is 0 Å². The number of carbonyl (C=O) groups is 2. The first-order chi connectivity index (χ1) is 8.97. The predicted molar refractivity (Wildman–Crippen MR) is 70.2 cm³/mol. The molecular weight excluding hydrogens is 291 g/mol. The summed E-state index contributed by atoms with van der Waals surface area (Å²) in [6.07, 6.45) is 1.03. The third-order valence-corrected chi connectivity index (χ3v) is 3.39. The van der Waals surface area contributed by atoms with Crippen LogP contribution in [0.3, 0.4) is 0 Å². The highest BCUT2D eigenvalue weighted by Gasteiger charge is 2.25. The van der Waals surface area contributed by atoms with E-state index in [9.17, 15) is 9.59 Å². The lowest BCUT2D eigenvalue weighted by Crippen LogP contribution is -2.48. The maximum Gasteiger partial charge on any atom is 0.254 e. The summed E-state index contributed by atoms with van der Waals surface area (Å²) in [5.74, 6) is -0.285. The van der Waals surface area contributed by atoms with Gasteiger partial charge in [0.05, 0.1) is 5.56 Å². The van der Waals surface area contributed by atoms with Gasteiger partial charge in [-0.15, -0.1) is 10.2 Å². The van der Waals surface area contributed by atoms with Crippen LogP contribution in [0.2, 0.25) is 10.3 Å². The zero-order valence-corrected chi connectivity index (χ0v) is 11.7. The first kappa shape index (κ1) is 14.0. The molecule has 1 aliphatic heterocycles. The summed E-state index contributed by atoms with van der Waals surface area (Å²) in [5.41, 5.74) is 0.182. The van der Waals surface area contributed by atoms with Crippen molar-refractivity contribution in [3.63, 3.8) is 0 Å². The number of halogens is 2. The molecule has 0 aromatic carbocycles. The number of carbonyl (C=O) groups excluding carboxylic acids is 2. The molecule has 2 rings (SSSR count). The molecule has 1 fully saturated rings. The molecule has 1 atom stereocenters. The highest BCUT2D eigenvalue weighted by molar-refractivity contribution is 6.34. The molecule has 8 heteroatoms. The molecule has 1 aromatic heterocycles. The van der Waals surface area contributed by atoms with Crippen molar-refractivity contribution in [1.82, 2.24) is 20.4 Å². The summed E-state index contributed by atoms with van der Waals surface area (Å²) in [5, 5.41) is 10.0. The first-order valence-corrected chi connectivity index (χ1v) is 6.46. The van der Waals surface area contributed by atoms with Crippen molar-refractivity contribution < 1.29 is 9.59 Å². The molecule has 6 nitrogen and oxygen atoms in total. The van der Waals surface area contributed by atoms with Gasteiger partial charge in [-0.25, -0.2) is 0 Å². The summed E-state index contributed by atoms with van der Waals surface area (Å²) in [6, 6.07) is 1.27. The van der Waals surface area contributed by atoms with E-state index in [0.29, 0.717) is 19.4 Å². The largest absolute Gasteiger partial charge is 0.347 e. The van der Waals surface area contributed by atoms with Crippen molar-refractivity contribution in [2.24, 2.45) is 0 Å². The number of amides is 2. The minimum atomic E-state index is -0.366. The van der Waals surface area contributed by atoms with Crippen LogP contribution in [-0.2, 0) is 4.79 Å². The van der Waals surface area contributed by atoms with Crippen LogP contribution in [0.25, 0.3) is 0 Å². The Morgan fingerprint density at radius 2 is 2.21 bits per heavy atom. The molecule has 1 aliphatic rings. The summed E-state index contributed by atoms with van der Waals surface area (Å²) in [4.78, 5) is 25.0. The fourth-order valence-corrected chi connectivity index (χ4v) is 2.23. The van der Waals surface area contributed by atoms with E-state index < -0.39 is 0 Å². The average molecular weight is 303 g/mol. The standard InChI is InChI=1S/C11H12Cl2N4O2/c1-17-5-6(2-3-9(17)18)14-11(19)7-4-8(12)15-16-10(7)13/h4,6H,2-3,5H2,1H3,(H,14,19). The summed E-state index contributed by atoms with van der Waals surface area (Å²) in [6.45, 7) is 0.481. The first-order valence-electron chi connectivity index (χ1n) is 5.71. The number of piperidine rings is 1. The lowest BCUT2D eigenvalue weighted by atomic mass is 10.1. The second kappa shape index (κ2) is 5.71. The molecule has 1 aromatic rings. The van der Waals surface area contributed by atoms with Crippen LogP contribution in [0.15, 0.2) is 6.07 Å². The highest BCUT2D eigenvalue weighted by Crippen LogP contribution is 2.16. The van der Waals surface area contributed by atoms with Gasteiger partial charge in [-0.1, -0.05) is 23.2 Å². The van der Waals surface area contributed by atoms with E-state index in [1.807, 2.05) is 0 Å². The SMILES string of the molecule is CN1CC(NC(=O)c2cc(Cl)nnc2Cl)CCC1=O. The Morgan fingerprint density at radius 1 is 1.47 bits per heavy atom. The third-order valence-electron chi connectivity index (χ3n) is 2.93. The molecule has 1 N–H and O–H groups in total. The number of nitrogens with one attached hydrogen (secondary N) is 1. The summed E-state index contributed by atoms with van der Waals surface area (Å²) < 4.78 is 0. The molecule has 2 amide bonds. The Balaban J connectivity index is 2.05. The molecule has 0 aliphatic carbocycles. The maximum atomic E-state index is 12.0.